The molecule has 0 aliphatic carbocycles. The number of rotatable bonds is 4. The van der Waals surface area contributed by atoms with E-state index in [-0.39, 0.29) is 0 Å². The van der Waals surface area contributed by atoms with Crippen LogP contribution < -0.4 is 5.32 Å². The largest absolute Gasteiger partial charge is 0.306 e. The van der Waals surface area contributed by atoms with Gasteiger partial charge >= 0.3 is 0 Å². The SMILES string of the molecule is CC(NCc1cccc(Cl)c1)c1ccccc1Br. The summed E-state index contributed by atoms with van der Waals surface area (Å²) in [6, 6.07) is 16.5. The fourth-order valence-corrected chi connectivity index (χ4v) is 2.70. The summed E-state index contributed by atoms with van der Waals surface area (Å²) in [6.07, 6.45) is 0. The number of nitrogens with one attached hydrogen (secondary N) is 1. The summed E-state index contributed by atoms with van der Waals surface area (Å²) >= 11 is 9.54. The highest BCUT2D eigenvalue weighted by Crippen LogP contribution is 2.23. The summed E-state index contributed by atoms with van der Waals surface area (Å²) in [5.74, 6) is 0. The van der Waals surface area contributed by atoms with Crippen LogP contribution in [0.25, 0.3) is 0 Å². The Morgan fingerprint density at radius 2 is 1.94 bits per heavy atom. The molecule has 1 nitrogen and oxygen atoms in total. The molecule has 1 unspecified atom stereocenters. The van der Waals surface area contributed by atoms with Gasteiger partial charge in [-0.25, -0.2) is 0 Å². The van der Waals surface area contributed by atoms with E-state index in [9.17, 15) is 0 Å². The molecule has 0 saturated heterocycles. The van der Waals surface area contributed by atoms with E-state index in [0.29, 0.717) is 6.04 Å². The van der Waals surface area contributed by atoms with Crippen molar-refractivity contribution in [2.45, 2.75) is 19.5 Å². The van der Waals surface area contributed by atoms with Gasteiger partial charge in [0.25, 0.3) is 0 Å². The molecular formula is C15H15BrClN. The molecule has 1 atom stereocenters. The van der Waals surface area contributed by atoms with E-state index in [0.717, 1.165) is 16.0 Å². The van der Waals surface area contributed by atoms with E-state index in [2.05, 4.69) is 52.4 Å². The summed E-state index contributed by atoms with van der Waals surface area (Å²) in [4.78, 5) is 0. The quantitative estimate of drug-likeness (QED) is 0.838. The van der Waals surface area contributed by atoms with E-state index in [4.69, 9.17) is 11.6 Å². The number of hydrogen-bond donors (Lipinski definition) is 1. The monoisotopic (exact) mass is 323 g/mol. The minimum absolute atomic E-state index is 0.291. The standard InChI is InChI=1S/C15H15BrClN/c1-11(14-7-2-3-8-15(14)16)18-10-12-5-4-6-13(17)9-12/h2-9,11,18H,10H2,1H3. The normalized spacial score (nSPS) is 12.4. The van der Waals surface area contributed by atoms with Gasteiger partial charge in [0.15, 0.2) is 0 Å². The van der Waals surface area contributed by atoms with Crippen molar-refractivity contribution in [1.82, 2.24) is 5.32 Å². The molecule has 0 radical (unpaired) electrons. The Kier molecular flexibility index (Phi) is 4.81. The fourth-order valence-electron chi connectivity index (χ4n) is 1.85. The molecule has 2 aromatic rings. The zero-order chi connectivity index (χ0) is 13.0. The van der Waals surface area contributed by atoms with Crippen LogP contribution in [-0.4, -0.2) is 0 Å². The van der Waals surface area contributed by atoms with Crippen molar-refractivity contribution < 1.29 is 0 Å². The van der Waals surface area contributed by atoms with Gasteiger partial charge in [-0.1, -0.05) is 57.9 Å². The Labute approximate surface area is 121 Å². The summed E-state index contributed by atoms with van der Waals surface area (Å²) in [5, 5.41) is 4.28. The molecule has 94 valence electrons. The molecule has 0 heterocycles. The van der Waals surface area contributed by atoms with Gasteiger partial charge in [0, 0.05) is 22.1 Å². The van der Waals surface area contributed by atoms with Crippen LogP contribution in [0.1, 0.15) is 24.1 Å². The molecule has 0 fully saturated rings. The van der Waals surface area contributed by atoms with E-state index >= 15 is 0 Å². The lowest BCUT2D eigenvalue weighted by molar-refractivity contribution is 0.573. The first-order valence-electron chi connectivity index (χ1n) is 5.89. The van der Waals surface area contributed by atoms with Crippen molar-refractivity contribution in [3.8, 4) is 0 Å². The molecule has 3 heteroatoms. The smallest absolute Gasteiger partial charge is 0.0409 e. The first-order chi connectivity index (χ1) is 8.66. The highest BCUT2D eigenvalue weighted by Gasteiger charge is 2.07. The van der Waals surface area contributed by atoms with Crippen molar-refractivity contribution in [3.05, 3.63) is 69.2 Å². The average molecular weight is 325 g/mol. The zero-order valence-corrected chi connectivity index (χ0v) is 12.5. The molecule has 0 bridgehead atoms. The molecule has 0 aliphatic heterocycles. The van der Waals surface area contributed by atoms with Crippen LogP contribution in [0.3, 0.4) is 0 Å². The highest BCUT2D eigenvalue weighted by molar-refractivity contribution is 9.10. The minimum Gasteiger partial charge on any atom is -0.306 e. The first kappa shape index (κ1) is 13.6. The second kappa shape index (κ2) is 6.37. The molecular weight excluding hydrogens is 310 g/mol. The molecule has 0 spiro atoms. The molecule has 0 aliphatic rings. The van der Waals surface area contributed by atoms with Crippen LogP contribution in [-0.2, 0) is 6.54 Å². The summed E-state index contributed by atoms with van der Waals surface area (Å²) in [7, 11) is 0. The Hall–Kier alpha value is -0.830. The lowest BCUT2D eigenvalue weighted by atomic mass is 10.1. The molecule has 1 N–H and O–H groups in total. The summed E-state index contributed by atoms with van der Waals surface area (Å²) in [5.41, 5.74) is 2.46. The van der Waals surface area contributed by atoms with Gasteiger partial charge in [0.2, 0.25) is 0 Å². The van der Waals surface area contributed by atoms with E-state index in [1.54, 1.807) is 0 Å². The number of benzene rings is 2. The third-order valence-corrected chi connectivity index (χ3v) is 3.83. The molecule has 0 saturated carbocycles. The van der Waals surface area contributed by atoms with Crippen LogP contribution in [0.2, 0.25) is 5.02 Å². The van der Waals surface area contributed by atoms with Gasteiger partial charge < -0.3 is 5.32 Å². The molecule has 0 amide bonds. The van der Waals surface area contributed by atoms with Gasteiger partial charge in [0.05, 0.1) is 0 Å². The molecule has 2 rings (SSSR count). The third-order valence-electron chi connectivity index (χ3n) is 2.87. The summed E-state index contributed by atoms with van der Waals surface area (Å²) < 4.78 is 1.14. The summed E-state index contributed by atoms with van der Waals surface area (Å²) in [6.45, 7) is 2.97. The van der Waals surface area contributed by atoms with Crippen molar-refractivity contribution in [1.29, 1.82) is 0 Å². The van der Waals surface area contributed by atoms with Crippen molar-refractivity contribution in [2.75, 3.05) is 0 Å². The number of hydrogen-bond acceptors (Lipinski definition) is 1. The van der Waals surface area contributed by atoms with Crippen molar-refractivity contribution in [3.63, 3.8) is 0 Å². The maximum Gasteiger partial charge on any atom is 0.0409 e. The fraction of sp³-hybridized carbons (Fsp3) is 0.200. The average Bonchev–Trinajstić information content (AvgIpc) is 2.37. The highest BCUT2D eigenvalue weighted by atomic mass is 79.9. The van der Waals surface area contributed by atoms with Gasteiger partial charge in [-0.05, 0) is 36.2 Å². The molecule has 0 aromatic heterocycles. The van der Waals surface area contributed by atoms with Crippen molar-refractivity contribution >= 4 is 27.5 Å². The van der Waals surface area contributed by atoms with Crippen LogP contribution in [0.5, 0.6) is 0 Å². The van der Waals surface area contributed by atoms with Crippen molar-refractivity contribution in [2.24, 2.45) is 0 Å². The second-order valence-electron chi connectivity index (χ2n) is 4.25. The first-order valence-corrected chi connectivity index (χ1v) is 7.06. The van der Waals surface area contributed by atoms with E-state index in [1.165, 1.54) is 11.1 Å². The topological polar surface area (TPSA) is 12.0 Å². The minimum atomic E-state index is 0.291. The van der Waals surface area contributed by atoms with Gasteiger partial charge in [-0.3, -0.25) is 0 Å². The molecule has 18 heavy (non-hydrogen) atoms. The van der Waals surface area contributed by atoms with Crippen LogP contribution >= 0.6 is 27.5 Å². The van der Waals surface area contributed by atoms with Gasteiger partial charge in [0.1, 0.15) is 0 Å². The Morgan fingerprint density at radius 3 is 2.67 bits per heavy atom. The Bertz CT molecular complexity index is 527. The van der Waals surface area contributed by atoms with E-state index < -0.39 is 0 Å². The third kappa shape index (κ3) is 3.58. The van der Waals surface area contributed by atoms with Crippen LogP contribution in [0, 0.1) is 0 Å². The van der Waals surface area contributed by atoms with Gasteiger partial charge in [-0.15, -0.1) is 0 Å². The predicted molar refractivity (Wildman–Crippen MR) is 80.8 cm³/mol. The lowest BCUT2D eigenvalue weighted by Crippen LogP contribution is -2.18. The lowest BCUT2D eigenvalue weighted by Gasteiger charge is -2.16. The molecule has 2 aromatic carbocycles. The number of halogens is 2. The Balaban J connectivity index is 2.00. The maximum absolute atomic E-state index is 5.97. The Morgan fingerprint density at radius 1 is 1.17 bits per heavy atom. The zero-order valence-electron chi connectivity index (χ0n) is 10.2. The van der Waals surface area contributed by atoms with Gasteiger partial charge in [-0.2, -0.15) is 0 Å². The predicted octanol–water partition coefficient (Wildman–Crippen LogP) is 4.95. The van der Waals surface area contributed by atoms with Crippen LogP contribution in [0.15, 0.2) is 53.0 Å². The second-order valence-corrected chi connectivity index (χ2v) is 5.54. The van der Waals surface area contributed by atoms with Crippen LogP contribution in [0.4, 0.5) is 0 Å². The maximum atomic E-state index is 5.97. The van der Waals surface area contributed by atoms with E-state index in [1.807, 2.05) is 24.3 Å².